The molecule has 4 N–H and O–H groups in total. The second-order valence-corrected chi connectivity index (χ2v) is 8.70. The SMILES string of the molecule is Cc1cccc2c1N(CC(N)=O)C(=O)C(NC(=O)Nc1cccc(Cl)c1)CC2c1ccccc1. The van der Waals surface area contributed by atoms with Gasteiger partial charge in [-0.3, -0.25) is 9.59 Å². The number of hydrogen-bond acceptors (Lipinski definition) is 3. The number of carbonyl (C=O) groups is 3. The van der Waals surface area contributed by atoms with Crippen LogP contribution in [-0.2, 0) is 9.59 Å². The summed E-state index contributed by atoms with van der Waals surface area (Å²) in [4.78, 5) is 39.8. The lowest BCUT2D eigenvalue weighted by Gasteiger charge is -2.26. The molecule has 1 aliphatic heterocycles. The molecule has 0 radical (unpaired) electrons. The summed E-state index contributed by atoms with van der Waals surface area (Å²) < 4.78 is 0. The summed E-state index contributed by atoms with van der Waals surface area (Å²) in [6, 6.07) is 20.9. The molecule has 0 saturated carbocycles. The van der Waals surface area contributed by atoms with Crippen molar-refractivity contribution in [1.82, 2.24) is 5.32 Å². The standard InChI is InChI=1S/C26H25ClN4O3/c1-16-7-5-12-20-21(17-8-3-2-4-9-17)14-22(25(33)31(24(16)20)15-23(28)32)30-26(34)29-19-11-6-10-18(27)13-19/h2-13,21-22H,14-15H2,1H3,(H2,28,32)(H2,29,30,34). The van der Waals surface area contributed by atoms with E-state index in [0.29, 0.717) is 22.8 Å². The van der Waals surface area contributed by atoms with Crippen LogP contribution >= 0.6 is 11.6 Å². The average molecular weight is 477 g/mol. The molecule has 174 valence electrons. The Morgan fingerprint density at radius 3 is 2.50 bits per heavy atom. The van der Waals surface area contributed by atoms with Crippen LogP contribution in [0.15, 0.2) is 72.8 Å². The fourth-order valence-corrected chi connectivity index (χ4v) is 4.61. The molecule has 4 amide bonds. The summed E-state index contributed by atoms with van der Waals surface area (Å²) in [6.45, 7) is 1.61. The third-order valence-corrected chi connectivity index (χ3v) is 6.09. The van der Waals surface area contributed by atoms with Gasteiger partial charge in [-0.05, 0) is 48.2 Å². The van der Waals surface area contributed by atoms with Crippen molar-refractivity contribution in [1.29, 1.82) is 0 Å². The lowest BCUT2D eigenvalue weighted by Crippen LogP contribution is -2.51. The van der Waals surface area contributed by atoms with Gasteiger partial charge in [0.15, 0.2) is 0 Å². The predicted octanol–water partition coefficient (Wildman–Crippen LogP) is 4.19. The zero-order valence-corrected chi connectivity index (χ0v) is 19.4. The largest absolute Gasteiger partial charge is 0.368 e. The van der Waals surface area contributed by atoms with Crippen LogP contribution < -0.4 is 21.3 Å². The Hall–Kier alpha value is -3.84. The van der Waals surface area contributed by atoms with Crippen LogP contribution in [0.4, 0.5) is 16.2 Å². The van der Waals surface area contributed by atoms with Gasteiger partial charge >= 0.3 is 6.03 Å². The number of hydrogen-bond donors (Lipinski definition) is 3. The minimum atomic E-state index is -0.893. The Balaban J connectivity index is 1.73. The molecule has 3 aromatic carbocycles. The van der Waals surface area contributed by atoms with E-state index in [2.05, 4.69) is 10.6 Å². The highest BCUT2D eigenvalue weighted by Gasteiger charge is 2.37. The second kappa shape index (κ2) is 9.97. The molecule has 0 aliphatic carbocycles. The molecule has 1 heterocycles. The molecule has 34 heavy (non-hydrogen) atoms. The summed E-state index contributed by atoms with van der Waals surface area (Å²) >= 11 is 6.01. The Bertz CT molecular complexity index is 1230. The van der Waals surface area contributed by atoms with Crippen molar-refractivity contribution in [3.63, 3.8) is 0 Å². The minimum Gasteiger partial charge on any atom is -0.368 e. The van der Waals surface area contributed by atoms with Crippen LogP contribution in [0.3, 0.4) is 0 Å². The molecule has 0 bridgehead atoms. The molecule has 2 atom stereocenters. The van der Waals surface area contributed by atoms with E-state index < -0.39 is 23.9 Å². The monoisotopic (exact) mass is 476 g/mol. The molecule has 8 heteroatoms. The van der Waals surface area contributed by atoms with E-state index in [9.17, 15) is 14.4 Å². The number of anilines is 2. The Kier molecular flexibility index (Phi) is 6.84. The maximum Gasteiger partial charge on any atom is 0.319 e. The van der Waals surface area contributed by atoms with Gasteiger partial charge in [-0.15, -0.1) is 0 Å². The minimum absolute atomic E-state index is 0.186. The smallest absolute Gasteiger partial charge is 0.319 e. The van der Waals surface area contributed by atoms with E-state index in [-0.39, 0.29) is 12.5 Å². The molecule has 0 saturated heterocycles. The number of para-hydroxylation sites is 1. The number of aryl methyl sites for hydroxylation is 1. The number of urea groups is 1. The van der Waals surface area contributed by atoms with Gasteiger partial charge in [0, 0.05) is 16.6 Å². The molecule has 4 rings (SSSR count). The second-order valence-electron chi connectivity index (χ2n) is 8.26. The highest BCUT2D eigenvalue weighted by atomic mass is 35.5. The van der Waals surface area contributed by atoms with Crippen molar-refractivity contribution in [3.8, 4) is 0 Å². The number of nitrogens with one attached hydrogen (secondary N) is 2. The quantitative estimate of drug-likeness (QED) is 0.514. The van der Waals surface area contributed by atoms with E-state index in [1.54, 1.807) is 24.3 Å². The fourth-order valence-electron chi connectivity index (χ4n) is 4.42. The number of benzene rings is 3. The number of nitrogens with zero attached hydrogens (tertiary/aromatic N) is 1. The summed E-state index contributed by atoms with van der Waals surface area (Å²) in [5.41, 5.74) is 9.41. The number of primary amides is 1. The van der Waals surface area contributed by atoms with Crippen molar-refractivity contribution in [2.75, 3.05) is 16.8 Å². The number of nitrogens with two attached hydrogens (primary N) is 1. The first-order valence-corrected chi connectivity index (χ1v) is 11.3. The highest BCUT2D eigenvalue weighted by molar-refractivity contribution is 6.30. The van der Waals surface area contributed by atoms with Gasteiger partial charge in [0.05, 0.1) is 5.69 Å². The Morgan fingerprint density at radius 2 is 1.79 bits per heavy atom. The first kappa shape index (κ1) is 23.3. The van der Waals surface area contributed by atoms with E-state index in [0.717, 1.165) is 16.7 Å². The van der Waals surface area contributed by atoms with Crippen LogP contribution in [0, 0.1) is 6.92 Å². The van der Waals surface area contributed by atoms with Crippen LogP contribution in [0.25, 0.3) is 0 Å². The van der Waals surface area contributed by atoms with Crippen LogP contribution in [0.1, 0.15) is 29.0 Å². The van der Waals surface area contributed by atoms with E-state index in [1.165, 1.54) is 4.90 Å². The topological polar surface area (TPSA) is 105 Å². The molecule has 0 aromatic heterocycles. The van der Waals surface area contributed by atoms with Crippen molar-refractivity contribution in [2.45, 2.75) is 25.3 Å². The van der Waals surface area contributed by atoms with Crippen LogP contribution in [0.5, 0.6) is 0 Å². The van der Waals surface area contributed by atoms with Crippen molar-refractivity contribution in [2.24, 2.45) is 5.73 Å². The lowest BCUT2D eigenvalue weighted by molar-refractivity contribution is -0.123. The number of carbonyl (C=O) groups excluding carboxylic acids is 3. The number of amides is 4. The molecule has 2 unspecified atom stereocenters. The first-order valence-electron chi connectivity index (χ1n) is 10.9. The third-order valence-electron chi connectivity index (χ3n) is 5.85. The van der Waals surface area contributed by atoms with Gasteiger partial charge < -0.3 is 21.3 Å². The molecule has 1 aliphatic rings. The maximum absolute atomic E-state index is 13.7. The zero-order chi connectivity index (χ0) is 24.2. The van der Waals surface area contributed by atoms with Gasteiger partial charge in [-0.25, -0.2) is 4.79 Å². The zero-order valence-electron chi connectivity index (χ0n) is 18.6. The molecule has 7 nitrogen and oxygen atoms in total. The number of halogens is 1. The predicted molar refractivity (Wildman–Crippen MR) is 133 cm³/mol. The van der Waals surface area contributed by atoms with Gasteiger partial charge in [0.2, 0.25) is 11.8 Å². The summed E-state index contributed by atoms with van der Waals surface area (Å²) in [5.74, 6) is -1.22. The fraction of sp³-hybridized carbons (Fsp3) is 0.192. The van der Waals surface area contributed by atoms with Gasteiger partial charge in [0.25, 0.3) is 0 Å². The first-order chi connectivity index (χ1) is 16.3. The molecular formula is C26H25ClN4O3. The normalized spacial score (nSPS) is 17.5. The third kappa shape index (κ3) is 5.05. The molecule has 0 fully saturated rings. The van der Waals surface area contributed by atoms with E-state index in [1.807, 2.05) is 55.5 Å². The van der Waals surface area contributed by atoms with Crippen molar-refractivity contribution >= 4 is 40.8 Å². The lowest BCUT2D eigenvalue weighted by atomic mass is 9.85. The number of fused-ring (bicyclic) bond motifs is 1. The van der Waals surface area contributed by atoms with Crippen LogP contribution in [0.2, 0.25) is 5.02 Å². The van der Waals surface area contributed by atoms with Gasteiger partial charge in [-0.1, -0.05) is 66.2 Å². The average Bonchev–Trinajstić information content (AvgIpc) is 2.90. The Labute approximate surface area is 202 Å². The molecule has 0 spiro atoms. The van der Waals surface area contributed by atoms with Gasteiger partial charge in [-0.2, -0.15) is 0 Å². The Morgan fingerprint density at radius 1 is 1.06 bits per heavy atom. The van der Waals surface area contributed by atoms with Gasteiger partial charge in [0.1, 0.15) is 12.6 Å². The summed E-state index contributed by atoms with van der Waals surface area (Å²) in [6.07, 6.45) is 0.317. The molecular weight excluding hydrogens is 452 g/mol. The van der Waals surface area contributed by atoms with E-state index >= 15 is 0 Å². The molecule has 3 aromatic rings. The highest BCUT2D eigenvalue weighted by Crippen LogP contribution is 2.40. The maximum atomic E-state index is 13.7. The van der Waals surface area contributed by atoms with Crippen LogP contribution in [-0.4, -0.2) is 30.4 Å². The van der Waals surface area contributed by atoms with Crippen molar-refractivity contribution in [3.05, 3.63) is 94.5 Å². The number of rotatable bonds is 5. The summed E-state index contributed by atoms with van der Waals surface area (Å²) in [7, 11) is 0. The summed E-state index contributed by atoms with van der Waals surface area (Å²) in [5, 5.41) is 5.99. The van der Waals surface area contributed by atoms with Crippen molar-refractivity contribution < 1.29 is 14.4 Å². The van der Waals surface area contributed by atoms with E-state index in [4.69, 9.17) is 17.3 Å².